The van der Waals surface area contributed by atoms with Crippen LogP contribution in [0.2, 0.25) is 0 Å². The molecule has 0 aromatic heterocycles. The van der Waals surface area contributed by atoms with Gasteiger partial charge in [-0.25, -0.2) is 9.59 Å². The number of hydrogen-bond acceptors (Lipinski definition) is 5. The third-order valence-electron chi connectivity index (χ3n) is 6.15. The minimum absolute atomic E-state index is 0.192. The second-order valence-electron chi connectivity index (χ2n) is 8.82. The molecule has 3 aromatic rings. The summed E-state index contributed by atoms with van der Waals surface area (Å²) >= 11 is 0. The number of carbonyl (C=O) groups is 3. The highest BCUT2D eigenvalue weighted by Crippen LogP contribution is 2.27. The summed E-state index contributed by atoms with van der Waals surface area (Å²) < 4.78 is 4.98. The van der Waals surface area contributed by atoms with Crippen LogP contribution in [0, 0.1) is 0 Å². The van der Waals surface area contributed by atoms with Gasteiger partial charge in [-0.2, -0.15) is 0 Å². The fourth-order valence-electron chi connectivity index (χ4n) is 4.28. The molecule has 3 amide bonds. The van der Waals surface area contributed by atoms with E-state index in [1.807, 2.05) is 36.4 Å². The molecule has 3 aromatic carbocycles. The van der Waals surface area contributed by atoms with Crippen molar-refractivity contribution >= 4 is 35.0 Å². The number of carbonyl (C=O) groups excluding carboxylic acids is 3. The van der Waals surface area contributed by atoms with Crippen LogP contribution in [0.4, 0.5) is 21.9 Å². The molecule has 0 spiro atoms. The van der Waals surface area contributed by atoms with Gasteiger partial charge in [0.2, 0.25) is 0 Å². The summed E-state index contributed by atoms with van der Waals surface area (Å²) in [6.45, 7) is 4.25. The normalized spacial score (nSPS) is 12.9. The lowest BCUT2D eigenvalue weighted by atomic mass is 10.1. The summed E-state index contributed by atoms with van der Waals surface area (Å²) in [6.07, 6.45) is 3.36. The highest BCUT2D eigenvalue weighted by atomic mass is 16.5. The average Bonchev–Trinajstić information content (AvgIpc) is 2.93. The summed E-state index contributed by atoms with van der Waals surface area (Å²) in [5, 5.41) is 8.56. The van der Waals surface area contributed by atoms with Crippen LogP contribution in [0.25, 0.3) is 0 Å². The minimum atomic E-state index is -0.453. The van der Waals surface area contributed by atoms with Crippen molar-refractivity contribution in [1.82, 2.24) is 5.32 Å². The van der Waals surface area contributed by atoms with Crippen LogP contribution in [0.3, 0.4) is 0 Å². The molecule has 0 bridgehead atoms. The van der Waals surface area contributed by atoms with Gasteiger partial charge >= 0.3 is 12.0 Å². The zero-order chi connectivity index (χ0) is 26.0. The summed E-state index contributed by atoms with van der Waals surface area (Å²) in [5.41, 5.74) is 3.84. The lowest BCUT2D eigenvalue weighted by Crippen LogP contribution is -2.33. The van der Waals surface area contributed by atoms with Crippen molar-refractivity contribution in [3.8, 4) is 0 Å². The van der Waals surface area contributed by atoms with E-state index in [0.717, 1.165) is 37.2 Å². The Morgan fingerprint density at radius 1 is 0.838 bits per heavy atom. The van der Waals surface area contributed by atoms with E-state index in [2.05, 4.69) is 20.9 Å². The van der Waals surface area contributed by atoms with Crippen LogP contribution >= 0.6 is 0 Å². The number of piperidine rings is 1. The maximum atomic E-state index is 13.2. The van der Waals surface area contributed by atoms with Gasteiger partial charge < -0.3 is 25.6 Å². The molecule has 1 fully saturated rings. The van der Waals surface area contributed by atoms with Crippen LogP contribution in [0.5, 0.6) is 0 Å². The molecule has 0 radical (unpaired) electrons. The predicted molar refractivity (Wildman–Crippen MR) is 145 cm³/mol. The first-order valence-electron chi connectivity index (χ1n) is 12.6. The molecular weight excluding hydrogens is 468 g/mol. The fraction of sp³-hybridized carbons (Fsp3) is 0.276. The maximum Gasteiger partial charge on any atom is 0.338 e. The smallest absolute Gasteiger partial charge is 0.338 e. The number of nitrogens with zero attached hydrogens (tertiary/aromatic N) is 1. The molecule has 4 rings (SSSR count). The molecule has 3 N–H and O–H groups in total. The fourth-order valence-corrected chi connectivity index (χ4v) is 4.28. The number of ether oxygens (including phenoxy) is 1. The van der Waals surface area contributed by atoms with Crippen molar-refractivity contribution in [1.29, 1.82) is 0 Å². The Kier molecular flexibility index (Phi) is 8.75. The molecule has 0 unspecified atom stereocenters. The van der Waals surface area contributed by atoms with E-state index >= 15 is 0 Å². The molecule has 1 heterocycles. The van der Waals surface area contributed by atoms with Gasteiger partial charge in [0.1, 0.15) is 0 Å². The van der Waals surface area contributed by atoms with Crippen molar-refractivity contribution in [2.75, 3.05) is 35.2 Å². The number of nitrogens with one attached hydrogen (secondary N) is 3. The molecule has 37 heavy (non-hydrogen) atoms. The van der Waals surface area contributed by atoms with E-state index in [9.17, 15) is 14.4 Å². The zero-order valence-corrected chi connectivity index (χ0v) is 21.0. The average molecular weight is 501 g/mol. The minimum Gasteiger partial charge on any atom is -0.462 e. The number of hydrogen-bond donors (Lipinski definition) is 3. The predicted octanol–water partition coefficient (Wildman–Crippen LogP) is 5.43. The van der Waals surface area contributed by atoms with Crippen molar-refractivity contribution < 1.29 is 19.1 Å². The number of benzene rings is 3. The van der Waals surface area contributed by atoms with Gasteiger partial charge in [0.25, 0.3) is 5.91 Å². The van der Waals surface area contributed by atoms with E-state index < -0.39 is 12.0 Å². The van der Waals surface area contributed by atoms with Crippen LogP contribution in [0.15, 0.2) is 72.8 Å². The Bertz CT molecular complexity index is 1220. The largest absolute Gasteiger partial charge is 0.462 e. The van der Waals surface area contributed by atoms with Crippen molar-refractivity contribution in [3.63, 3.8) is 0 Å². The van der Waals surface area contributed by atoms with Gasteiger partial charge in [-0.1, -0.05) is 30.3 Å². The Hall–Kier alpha value is -4.33. The molecule has 1 saturated heterocycles. The summed E-state index contributed by atoms with van der Waals surface area (Å²) in [5.74, 6) is -0.603. The first kappa shape index (κ1) is 25.8. The van der Waals surface area contributed by atoms with Gasteiger partial charge in [-0.3, -0.25) is 4.79 Å². The molecule has 0 aliphatic carbocycles. The number of urea groups is 1. The molecule has 8 heteroatoms. The van der Waals surface area contributed by atoms with Gasteiger partial charge in [0.15, 0.2) is 0 Å². The van der Waals surface area contributed by atoms with E-state index in [1.54, 1.807) is 43.3 Å². The number of anilines is 3. The Balaban J connectivity index is 1.46. The Labute approximate surface area is 217 Å². The van der Waals surface area contributed by atoms with Gasteiger partial charge in [-0.15, -0.1) is 0 Å². The van der Waals surface area contributed by atoms with Crippen LogP contribution < -0.4 is 20.9 Å². The second-order valence-corrected chi connectivity index (χ2v) is 8.82. The molecule has 0 saturated carbocycles. The monoisotopic (exact) mass is 500 g/mol. The lowest BCUT2D eigenvalue weighted by molar-refractivity contribution is 0.0526. The SMILES string of the molecule is CCOC(=O)c1ccc(NC(=O)Nc2ccc(N3CCCCC3)c(C(=O)NCc3ccccc3)c2)cc1. The first-order chi connectivity index (χ1) is 18.0. The highest BCUT2D eigenvalue weighted by molar-refractivity contribution is 6.04. The zero-order valence-electron chi connectivity index (χ0n) is 21.0. The second kappa shape index (κ2) is 12.6. The van der Waals surface area contributed by atoms with E-state index in [0.29, 0.717) is 35.7 Å². The maximum absolute atomic E-state index is 13.2. The summed E-state index contributed by atoms with van der Waals surface area (Å²) in [7, 11) is 0. The topological polar surface area (TPSA) is 99.8 Å². The lowest BCUT2D eigenvalue weighted by Gasteiger charge is -2.30. The van der Waals surface area contributed by atoms with Gasteiger partial charge in [0, 0.05) is 36.7 Å². The Morgan fingerprint density at radius 3 is 2.22 bits per heavy atom. The van der Waals surface area contributed by atoms with E-state index in [-0.39, 0.29) is 5.91 Å². The highest BCUT2D eigenvalue weighted by Gasteiger charge is 2.20. The third-order valence-corrected chi connectivity index (χ3v) is 6.15. The van der Waals surface area contributed by atoms with Crippen LogP contribution in [-0.2, 0) is 11.3 Å². The van der Waals surface area contributed by atoms with Crippen LogP contribution in [0.1, 0.15) is 52.5 Å². The van der Waals surface area contributed by atoms with E-state index in [1.165, 1.54) is 6.42 Å². The number of esters is 1. The molecular formula is C29H32N4O4. The molecule has 1 aliphatic heterocycles. The van der Waals surface area contributed by atoms with Gasteiger partial charge in [0.05, 0.1) is 17.7 Å². The Morgan fingerprint density at radius 2 is 1.51 bits per heavy atom. The van der Waals surface area contributed by atoms with Crippen LogP contribution in [-0.4, -0.2) is 37.6 Å². The first-order valence-corrected chi connectivity index (χ1v) is 12.6. The molecule has 192 valence electrons. The summed E-state index contributed by atoms with van der Waals surface area (Å²) in [6, 6.07) is 21.2. The number of rotatable bonds is 8. The standard InChI is InChI=1S/C29H32N4O4/c1-2-37-28(35)22-11-13-23(14-12-22)31-29(36)32-24-15-16-26(33-17-7-4-8-18-33)25(19-24)27(34)30-20-21-9-5-3-6-10-21/h3,5-6,9-16,19H,2,4,7-8,17-18,20H2,1H3,(H,30,34)(H2,31,32,36). The van der Waals surface area contributed by atoms with Gasteiger partial charge in [-0.05, 0) is 74.2 Å². The van der Waals surface area contributed by atoms with Crippen molar-refractivity contribution in [3.05, 3.63) is 89.5 Å². The van der Waals surface area contributed by atoms with E-state index in [4.69, 9.17) is 4.74 Å². The quantitative estimate of drug-likeness (QED) is 0.358. The summed E-state index contributed by atoms with van der Waals surface area (Å²) in [4.78, 5) is 39.9. The van der Waals surface area contributed by atoms with Crippen molar-refractivity contribution in [2.24, 2.45) is 0 Å². The molecule has 0 atom stereocenters. The molecule has 8 nitrogen and oxygen atoms in total. The van der Waals surface area contributed by atoms with Crippen molar-refractivity contribution in [2.45, 2.75) is 32.7 Å². The molecule has 1 aliphatic rings. The third kappa shape index (κ3) is 7.10. The number of amides is 3.